The van der Waals surface area contributed by atoms with Crippen molar-refractivity contribution in [3.63, 3.8) is 0 Å². The number of aliphatic carboxylic acids is 1. The van der Waals surface area contributed by atoms with E-state index in [9.17, 15) is 19.5 Å². The minimum Gasteiger partial charge on any atom is -0.543 e. The van der Waals surface area contributed by atoms with Crippen molar-refractivity contribution in [3.05, 3.63) is 53.1 Å². The Morgan fingerprint density at radius 3 is 3.00 bits per heavy atom. The van der Waals surface area contributed by atoms with Crippen LogP contribution in [0.4, 0.5) is 5.13 Å². The van der Waals surface area contributed by atoms with E-state index in [1.807, 2.05) is 10.6 Å². The monoisotopic (exact) mass is 514 g/mol. The second-order valence-electron chi connectivity index (χ2n) is 7.55. The average molecular weight is 515 g/mol. The molecule has 0 unspecified atom stereocenters. The fourth-order valence-electron chi connectivity index (χ4n) is 3.97. The zero-order valence-corrected chi connectivity index (χ0v) is 19.8. The van der Waals surface area contributed by atoms with Crippen molar-refractivity contribution in [2.75, 3.05) is 18.6 Å². The standard InChI is InChI=1S/C20H18N8O5S2/c1-33-25-13(11-9-35-20(21)23-11)16(29)24-14-17(30)28-15(19(31)32)10(8-34-18(14)28)7-26-5-6-27-12(26)3-2-4-22-27/h2-6,9,14,18H,7-8H2,1H3,(H3-,21,23,24,29,31,32)/b25-13-/t14-,18-/m1/s1. The summed E-state index contributed by atoms with van der Waals surface area (Å²) < 4.78 is 3.50. The lowest BCUT2D eigenvalue weighted by atomic mass is 10.0. The lowest BCUT2D eigenvalue weighted by molar-refractivity contribution is -0.579. The first-order valence-corrected chi connectivity index (χ1v) is 12.1. The Bertz CT molecular complexity index is 1410. The topological polar surface area (TPSA) is 172 Å². The molecule has 3 aromatic rings. The number of hydrogen-bond acceptors (Lipinski definition) is 11. The minimum atomic E-state index is -1.45. The lowest BCUT2D eigenvalue weighted by Crippen LogP contribution is -2.71. The molecule has 2 aliphatic heterocycles. The van der Waals surface area contributed by atoms with Gasteiger partial charge in [-0.15, -0.1) is 27.6 Å². The Kier molecular flexibility index (Phi) is 5.86. The van der Waals surface area contributed by atoms with Crippen LogP contribution >= 0.6 is 23.1 Å². The molecule has 15 heteroatoms. The molecule has 0 aliphatic carbocycles. The summed E-state index contributed by atoms with van der Waals surface area (Å²) in [6.45, 7) is 0.238. The SMILES string of the molecule is CO/N=C(\C(=O)N[C@@H]1C(=O)N2C(C(=O)[O-])=C(Cn3cc[n+]4ncccc34)CS[C@H]12)c1csc(N)n1. The summed E-state index contributed by atoms with van der Waals surface area (Å²) in [6.07, 6.45) is 5.17. The molecule has 13 nitrogen and oxygen atoms in total. The molecule has 3 N–H and O–H groups in total. The summed E-state index contributed by atoms with van der Waals surface area (Å²) in [5.41, 5.74) is 6.80. The van der Waals surface area contributed by atoms with Gasteiger partial charge in [0.15, 0.2) is 17.0 Å². The number of nitrogens with zero attached hydrogens (tertiary/aromatic N) is 6. The van der Waals surface area contributed by atoms with Crippen LogP contribution in [0.25, 0.3) is 5.65 Å². The smallest absolute Gasteiger partial charge is 0.307 e. The Morgan fingerprint density at radius 2 is 2.29 bits per heavy atom. The highest BCUT2D eigenvalue weighted by Crippen LogP contribution is 2.40. The first-order valence-electron chi connectivity index (χ1n) is 10.2. The third-order valence-electron chi connectivity index (χ3n) is 5.49. The summed E-state index contributed by atoms with van der Waals surface area (Å²) in [5.74, 6) is -2.37. The minimum absolute atomic E-state index is 0.144. The Labute approximate surface area is 205 Å². The number of rotatable bonds is 7. The molecule has 0 spiro atoms. The van der Waals surface area contributed by atoms with Crippen molar-refractivity contribution >= 4 is 57.4 Å². The third-order valence-corrected chi connectivity index (χ3v) is 7.50. The van der Waals surface area contributed by atoms with Crippen LogP contribution in [0.2, 0.25) is 0 Å². The molecule has 1 saturated heterocycles. The van der Waals surface area contributed by atoms with Gasteiger partial charge in [0.1, 0.15) is 37.0 Å². The maximum absolute atomic E-state index is 13.0. The van der Waals surface area contributed by atoms with E-state index in [0.29, 0.717) is 11.3 Å². The summed E-state index contributed by atoms with van der Waals surface area (Å²) in [4.78, 5) is 47.8. The van der Waals surface area contributed by atoms with Gasteiger partial charge in [-0.1, -0.05) is 10.3 Å². The lowest BCUT2D eigenvalue weighted by Gasteiger charge is -2.50. The number of imidazole rings is 1. The highest BCUT2D eigenvalue weighted by Gasteiger charge is 2.53. The van der Waals surface area contributed by atoms with Crippen LogP contribution in [0, 0.1) is 0 Å². The van der Waals surface area contributed by atoms with E-state index in [1.165, 1.54) is 18.9 Å². The number of carbonyl (C=O) groups is 3. The fourth-order valence-corrected chi connectivity index (χ4v) is 5.85. The van der Waals surface area contributed by atoms with Crippen molar-refractivity contribution in [3.8, 4) is 0 Å². The zero-order valence-electron chi connectivity index (χ0n) is 18.2. The Hall–Kier alpha value is -3.98. The predicted octanol–water partition coefficient (Wildman–Crippen LogP) is -1.88. The number of fused-ring (bicyclic) bond motifs is 2. The molecule has 1 fully saturated rings. The summed E-state index contributed by atoms with van der Waals surface area (Å²) in [6, 6.07) is 2.67. The quantitative estimate of drug-likeness (QED) is 0.158. The number of β-lactam (4-membered cyclic amide) rings is 1. The summed E-state index contributed by atoms with van der Waals surface area (Å²) in [5, 5.41) is 23.8. The van der Waals surface area contributed by atoms with Crippen molar-refractivity contribution in [1.82, 2.24) is 24.9 Å². The first-order chi connectivity index (χ1) is 16.9. The zero-order chi connectivity index (χ0) is 24.7. The van der Waals surface area contributed by atoms with E-state index in [4.69, 9.17) is 10.6 Å². The number of thioether (sulfide) groups is 1. The molecule has 0 saturated carbocycles. The molecule has 2 aliphatic rings. The number of nitrogens with two attached hydrogens (primary N) is 1. The molecule has 0 radical (unpaired) electrons. The maximum Gasteiger partial charge on any atom is 0.307 e. The van der Waals surface area contributed by atoms with Gasteiger partial charge in [-0.25, -0.2) is 9.55 Å². The van der Waals surface area contributed by atoms with Crippen LogP contribution in [0.3, 0.4) is 0 Å². The normalized spacial score (nSPS) is 20.0. The van der Waals surface area contributed by atoms with E-state index in [0.717, 1.165) is 21.9 Å². The number of aromatic nitrogens is 4. The molecular weight excluding hydrogens is 496 g/mol. The van der Waals surface area contributed by atoms with E-state index < -0.39 is 29.2 Å². The van der Waals surface area contributed by atoms with E-state index in [2.05, 4.69) is 20.6 Å². The summed E-state index contributed by atoms with van der Waals surface area (Å²) >= 11 is 2.47. The van der Waals surface area contributed by atoms with Gasteiger partial charge in [0, 0.05) is 22.8 Å². The largest absolute Gasteiger partial charge is 0.543 e. The second-order valence-corrected chi connectivity index (χ2v) is 9.54. The van der Waals surface area contributed by atoms with Crippen LogP contribution in [-0.4, -0.2) is 67.3 Å². The number of carboxylic acid groups (broad SMARTS) is 1. The number of thiazole rings is 1. The average Bonchev–Trinajstić information content (AvgIpc) is 3.46. The number of carboxylic acids is 1. The van der Waals surface area contributed by atoms with Crippen LogP contribution in [-0.2, 0) is 25.8 Å². The molecular formula is C20H18N8O5S2. The van der Waals surface area contributed by atoms with Crippen LogP contribution in [0.5, 0.6) is 0 Å². The van der Waals surface area contributed by atoms with Crippen molar-refractivity contribution in [1.29, 1.82) is 0 Å². The van der Waals surface area contributed by atoms with Gasteiger partial charge in [-0.05, 0) is 6.07 Å². The van der Waals surface area contributed by atoms with Gasteiger partial charge in [0.25, 0.3) is 11.8 Å². The highest BCUT2D eigenvalue weighted by molar-refractivity contribution is 8.00. The van der Waals surface area contributed by atoms with Crippen molar-refractivity contribution in [2.24, 2.45) is 5.16 Å². The second kappa shape index (κ2) is 8.99. The number of nitrogens with one attached hydrogen (secondary N) is 1. The molecule has 0 bridgehead atoms. The van der Waals surface area contributed by atoms with E-state index >= 15 is 0 Å². The number of nitrogen functional groups attached to an aromatic ring is 1. The highest BCUT2D eigenvalue weighted by atomic mass is 32.2. The van der Waals surface area contributed by atoms with Gasteiger partial charge < -0.3 is 25.8 Å². The molecule has 2 atom stereocenters. The van der Waals surface area contributed by atoms with Gasteiger partial charge in [0.05, 0.1) is 17.9 Å². The summed E-state index contributed by atoms with van der Waals surface area (Å²) in [7, 11) is 1.28. The van der Waals surface area contributed by atoms with Gasteiger partial charge in [-0.3, -0.25) is 14.5 Å². The molecule has 2 amide bonds. The van der Waals surface area contributed by atoms with Crippen molar-refractivity contribution in [2.45, 2.75) is 18.0 Å². The number of amides is 2. The van der Waals surface area contributed by atoms with Gasteiger partial charge in [-0.2, -0.15) is 0 Å². The van der Waals surface area contributed by atoms with Crippen LogP contribution in [0.1, 0.15) is 5.69 Å². The van der Waals surface area contributed by atoms with Crippen LogP contribution in [0.15, 0.2) is 52.5 Å². The van der Waals surface area contributed by atoms with Gasteiger partial charge in [0.2, 0.25) is 0 Å². The molecule has 5 rings (SSSR count). The maximum atomic E-state index is 13.0. The predicted molar refractivity (Wildman–Crippen MR) is 123 cm³/mol. The molecule has 0 aromatic carbocycles. The van der Waals surface area contributed by atoms with E-state index in [1.54, 1.807) is 34.6 Å². The fraction of sp³-hybridized carbons (Fsp3) is 0.250. The number of hydrogen-bond donors (Lipinski definition) is 2. The molecule has 3 aromatic heterocycles. The molecule has 35 heavy (non-hydrogen) atoms. The number of anilines is 1. The number of oxime groups is 1. The van der Waals surface area contributed by atoms with Gasteiger partial charge >= 0.3 is 5.65 Å². The Balaban J connectivity index is 1.37. The molecule has 180 valence electrons. The van der Waals surface area contributed by atoms with Crippen LogP contribution < -0.4 is 20.7 Å². The van der Waals surface area contributed by atoms with E-state index in [-0.39, 0.29) is 28.8 Å². The van der Waals surface area contributed by atoms with Crippen molar-refractivity contribution < 1.29 is 28.8 Å². The molecule has 5 heterocycles. The third kappa shape index (κ3) is 3.97. The first kappa shape index (κ1) is 22.8. The number of carbonyl (C=O) groups excluding carboxylic acids is 3. The Morgan fingerprint density at radius 1 is 1.46 bits per heavy atom.